The van der Waals surface area contributed by atoms with Crippen LogP contribution in [0, 0.1) is 12.8 Å². The van der Waals surface area contributed by atoms with Gasteiger partial charge < -0.3 is 5.32 Å². The highest BCUT2D eigenvalue weighted by molar-refractivity contribution is 6.34. The summed E-state index contributed by atoms with van der Waals surface area (Å²) in [7, 11) is 1.53. The van der Waals surface area contributed by atoms with E-state index in [-0.39, 0.29) is 17.3 Å². The lowest BCUT2D eigenvalue weighted by Crippen LogP contribution is -2.50. The molecule has 0 radical (unpaired) electrons. The zero-order valence-corrected chi connectivity index (χ0v) is 12.9. The van der Waals surface area contributed by atoms with E-state index in [1.54, 1.807) is 13.8 Å². The van der Waals surface area contributed by atoms with Crippen LogP contribution in [0.3, 0.4) is 0 Å². The van der Waals surface area contributed by atoms with E-state index >= 15 is 0 Å². The fraction of sp³-hybridized carbons (Fsp3) is 0.667. The van der Waals surface area contributed by atoms with Crippen molar-refractivity contribution < 1.29 is 18.0 Å². The highest BCUT2D eigenvalue weighted by Gasteiger charge is 2.43. The van der Waals surface area contributed by atoms with Gasteiger partial charge in [-0.2, -0.15) is 18.3 Å². The number of nitrogens with zero attached hydrogens (tertiary/aromatic N) is 2. The lowest BCUT2D eigenvalue weighted by molar-refractivity contribution is -0.163. The number of rotatable bonds is 4. The van der Waals surface area contributed by atoms with Crippen LogP contribution in [0.15, 0.2) is 0 Å². The SMILES string of the molecule is CCC(C)C(NC(=O)Nc1c(Cl)c(C)nn1C)C(F)(F)F. The molecule has 1 heterocycles. The van der Waals surface area contributed by atoms with Crippen LogP contribution in [0.25, 0.3) is 0 Å². The van der Waals surface area contributed by atoms with Crippen LogP contribution in [0.1, 0.15) is 26.0 Å². The summed E-state index contributed by atoms with van der Waals surface area (Å²) in [5.74, 6) is -0.587. The molecule has 0 bridgehead atoms. The van der Waals surface area contributed by atoms with E-state index in [1.165, 1.54) is 18.7 Å². The predicted molar refractivity (Wildman–Crippen MR) is 74.4 cm³/mol. The van der Waals surface area contributed by atoms with Crippen molar-refractivity contribution in [3.8, 4) is 0 Å². The number of carbonyl (C=O) groups is 1. The molecular formula is C12H18ClF3N4O. The molecule has 0 aromatic carbocycles. The monoisotopic (exact) mass is 326 g/mol. The number of anilines is 1. The predicted octanol–water partition coefficient (Wildman–Crippen LogP) is 3.48. The first kappa shape index (κ1) is 17.6. The van der Waals surface area contributed by atoms with Gasteiger partial charge >= 0.3 is 12.2 Å². The van der Waals surface area contributed by atoms with Crippen molar-refractivity contribution in [2.45, 2.75) is 39.4 Å². The third kappa shape index (κ3) is 4.26. The molecule has 0 spiro atoms. The van der Waals surface area contributed by atoms with Crippen molar-refractivity contribution in [1.29, 1.82) is 0 Å². The summed E-state index contributed by atoms with van der Waals surface area (Å²) in [6.45, 7) is 4.69. The molecule has 9 heteroatoms. The number of urea groups is 1. The Labute approximate surface area is 125 Å². The van der Waals surface area contributed by atoms with E-state index in [0.29, 0.717) is 5.69 Å². The van der Waals surface area contributed by atoms with Gasteiger partial charge in [0.1, 0.15) is 11.1 Å². The molecule has 0 saturated carbocycles. The number of carbonyl (C=O) groups excluding carboxylic acids is 1. The summed E-state index contributed by atoms with van der Waals surface area (Å²) in [5, 5.41) is 8.40. The minimum absolute atomic E-state index is 0.150. The first-order chi connectivity index (χ1) is 9.57. The second-order valence-electron chi connectivity index (χ2n) is 4.87. The van der Waals surface area contributed by atoms with Crippen molar-refractivity contribution in [3.63, 3.8) is 0 Å². The second kappa shape index (κ2) is 6.55. The number of nitrogens with one attached hydrogen (secondary N) is 2. The summed E-state index contributed by atoms with van der Waals surface area (Å²) < 4.78 is 40.1. The summed E-state index contributed by atoms with van der Waals surface area (Å²) in [6.07, 6.45) is -4.23. The van der Waals surface area contributed by atoms with E-state index in [4.69, 9.17) is 11.6 Å². The summed E-state index contributed by atoms with van der Waals surface area (Å²) in [6, 6.07) is -2.89. The van der Waals surface area contributed by atoms with Crippen molar-refractivity contribution in [3.05, 3.63) is 10.7 Å². The zero-order valence-electron chi connectivity index (χ0n) is 12.2. The zero-order chi connectivity index (χ0) is 16.4. The highest BCUT2D eigenvalue weighted by atomic mass is 35.5. The number of amides is 2. The van der Waals surface area contributed by atoms with Crippen molar-refractivity contribution in [2.24, 2.45) is 13.0 Å². The first-order valence-corrected chi connectivity index (χ1v) is 6.79. The number of aromatic nitrogens is 2. The Hall–Kier alpha value is -1.44. The maximum Gasteiger partial charge on any atom is 0.408 e. The van der Waals surface area contributed by atoms with Crippen LogP contribution in [-0.4, -0.2) is 28.0 Å². The van der Waals surface area contributed by atoms with E-state index in [1.807, 2.05) is 5.32 Å². The Morgan fingerprint density at radius 3 is 2.43 bits per heavy atom. The third-order valence-corrected chi connectivity index (χ3v) is 3.69. The molecule has 0 aliphatic rings. The quantitative estimate of drug-likeness (QED) is 0.890. The van der Waals surface area contributed by atoms with Gasteiger partial charge in [0.05, 0.1) is 5.69 Å². The fourth-order valence-electron chi connectivity index (χ4n) is 1.84. The van der Waals surface area contributed by atoms with E-state index < -0.39 is 24.2 Å². The molecule has 2 atom stereocenters. The average Bonchev–Trinajstić information content (AvgIpc) is 2.60. The Balaban J connectivity index is 2.84. The van der Waals surface area contributed by atoms with Gasteiger partial charge in [0.25, 0.3) is 0 Å². The highest BCUT2D eigenvalue weighted by Crippen LogP contribution is 2.28. The number of aryl methyl sites for hydroxylation is 2. The molecule has 1 rings (SSSR count). The number of halogens is 4. The smallest absolute Gasteiger partial charge is 0.326 e. The number of hydrogen-bond donors (Lipinski definition) is 2. The lowest BCUT2D eigenvalue weighted by atomic mass is 9.99. The molecular weight excluding hydrogens is 309 g/mol. The molecule has 5 nitrogen and oxygen atoms in total. The largest absolute Gasteiger partial charge is 0.408 e. The molecule has 2 N–H and O–H groups in total. The van der Waals surface area contributed by atoms with Crippen LogP contribution >= 0.6 is 11.6 Å². The van der Waals surface area contributed by atoms with Gasteiger partial charge in [-0.25, -0.2) is 4.79 Å². The Morgan fingerprint density at radius 1 is 1.48 bits per heavy atom. The standard InChI is InChI=1S/C12H18ClF3N4O/c1-5-6(2)9(12(14,15)16)17-11(21)18-10-8(13)7(3)19-20(10)4/h6,9H,5H2,1-4H3,(H2,17,18,21). The molecule has 120 valence electrons. The maximum atomic E-state index is 12.9. The maximum absolute atomic E-state index is 12.9. The van der Waals surface area contributed by atoms with Crippen molar-refractivity contribution >= 4 is 23.4 Å². The molecule has 0 saturated heterocycles. The molecule has 21 heavy (non-hydrogen) atoms. The van der Waals surface area contributed by atoms with E-state index in [9.17, 15) is 18.0 Å². The van der Waals surface area contributed by atoms with Crippen molar-refractivity contribution in [1.82, 2.24) is 15.1 Å². The molecule has 1 aromatic rings. The summed E-state index contributed by atoms with van der Waals surface area (Å²) in [4.78, 5) is 11.8. The molecule has 0 aliphatic heterocycles. The van der Waals surface area contributed by atoms with Crippen LogP contribution in [0.2, 0.25) is 5.02 Å². The van der Waals surface area contributed by atoms with E-state index in [2.05, 4.69) is 10.4 Å². The van der Waals surface area contributed by atoms with Crippen molar-refractivity contribution in [2.75, 3.05) is 5.32 Å². The van der Waals surface area contributed by atoms with Gasteiger partial charge in [-0.1, -0.05) is 31.9 Å². The van der Waals surface area contributed by atoms with Crippen LogP contribution in [-0.2, 0) is 7.05 Å². The van der Waals surface area contributed by atoms with Crippen LogP contribution in [0.5, 0.6) is 0 Å². The Bertz CT molecular complexity index is 515. The fourth-order valence-corrected chi connectivity index (χ4v) is 2.04. The number of hydrogen-bond acceptors (Lipinski definition) is 2. The van der Waals surface area contributed by atoms with Gasteiger partial charge in [-0.05, 0) is 12.8 Å². The first-order valence-electron chi connectivity index (χ1n) is 6.41. The van der Waals surface area contributed by atoms with Gasteiger partial charge in [-0.3, -0.25) is 10.00 Å². The molecule has 0 fully saturated rings. The molecule has 2 unspecified atom stereocenters. The van der Waals surface area contributed by atoms with Crippen LogP contribution < -0.4 is 10.6 Å². The van der Waals surface area contributed by atoms with Gasteiger partial charge in [0.2, 0.25) is 0 Å². The van der Waals surface area contributed by atoms with Crippen LogP contribution in [0.4, 0.5) is 23.8 Å². The topological polar surface area (TPSA) is 59.0 Å². The van der Waals surface area contributed by atoms with Gasteiger partial charge in [-0.15, -0.1) is 0 Å². The minimum Gasteiger partial charge on any atom is -0.326 e. The normalized spacial score (nSPS) is 14.7. The van der Waals surface area contributed by atoms with E-state index in [0.717, 1.165) is 0 Å². The summed E-state index contributed by atoms with van der Waals surface area (Å²) in [5.41, 5.74) is 0.476. The third-order valence-electron chi connectivity index (χ3n) is 3.23. The Morgan fingerprint density at radius 2 is 2.05 bits per heavy atom. The van der Waals surface area contributed by atoms with Gasteiger partial charge in [0.15, 0.2) is 5.82 Å². The minimum atomic E-state index is -4.51. The summed E-state index contributed by atoms with van der Waals surface area (Å²) >= 11 is 5.93. The molecule has 2 amide bonds. The lowest BCUT2D eigenvalue weighted by Gasteiger charge is -2.26. The average molecular weight is 327 g/mol. The second-order valence-corrected chi connectivity index (χ2v) is 5.25. The molecule has 1 aromatic heterocycles. The molecule has 0 aliphatic carbocycles. The Kier molecular flexibility index (Phi) is 5.49. The number of alkyl halides is 3. The van der Waals surface area contributed by atoms with Gasteiger partial charge in [0, 0.05) is 7.05 Å².